The molecule has 3 heteroatoms. The summed E-state index contributed by atoms with van der Waals surface area (Å²) in [4.78, 5) is 0. The van der Waals surface area contributed by atoms with Gasteiger partial charge in [-0.1, -0.05) is 32.3 Å². The average molecular weight is 320 g/mol. The highest BCUT2D eigenvalue weighted by atomic mass is 19.2. The van der Waals surface area contributed by atoms with Crippen molar-refractivity contribution < 1.29 is 13.5 Å². The highest BCUT2D eigenvalue weighted by molar-refractivity contribution is 5.71. The molecule has 1 saturated carbocycles. The molecule has 3 unspecified atom stereocenters. The van der Waals surface area contributed by atoms with E-state index >= 15 is 0 Å². The van der Waals surface area contributed by atoms with E-state index in [2.05, 4.69) is 13.0 Å². The smallest absolute Gasteiger partial charge is 0.201 e. The van der Waals surface area contributed by atoms with Crippen LogP contribution in [0.15, 0.2) is 18.2 Å². The normalized spacial score (nSPS) is 26.3. The standard InChI is InChI=1S/C20H26F2O/c1-3-5-6-13-7-8-15-14(13)9-10-16(15)17-11-12-18(23-4-2)20(22)19(17)21/h10-15H,3-9H2,1-2H3. The Labute approximate surface area is 137 Å². The second-order valence-corrected chi connectivity index (χ2v) is 6.82. The lowest BCUT2D eigenvalue weighted by atomic mass is 9.85. The van der Waals surface area contributed by atoms with Crippen LogP contribution in [0.2, 0.25) is 0 Å². The third-order valence-corrected chi connectivity index (χ3v) is 5.57. The van der Waals surface area contributed by atoms with E-state index in [4.69, 9.17) is 4.74 Å². The molecule has 1 aromatic carbocycles. The van der Waals surface area contributed by atoms with E-state index in [-0.39, 0.29) is 5.75 Å². The quantitative estimate of drug-likeness (QED) is 0.626. The fourth-order valence-corrected chi connectivity index (χ4v) is 4.46. The molecule has 0 heterocycles. The van der Waals surface area contributed by atoms with Gasteiger partial charge < -0.3 is 4.74 Å². The third kappa shape index (κ3) is 3.02. The number of allylic oxidation sites excluding steroid dienone is 2. The van der Waals surface area contributed by atoms with Crippen LogP contribution < -0.4 is 4.74 Å². The van der Waals surface area contributed by atoms with E-state index in [1.54, 1.807) is 19.1 Å². The van der Waals surface area contributed by atoms with Crippen LogP contribution in [0.1, 0.15) is 57.9 Å². The maximum atomic E-state index is 14.5. The first-order valence-corrected chi connectivity index (χ1v) is 8.98. The lowest BCUT2D eigenvalue weighted by molar-refractivity contribution is 0.313. The number of fused-ring (bicyclic) bond motifs is 1. The van der Waals surface area contributed by atoms with Crippen molar-refractivity contribution in [2.75, 3.05) is 6.61 Å². The van der Waals surface area contributed by atoms with Crippen LogP contribution in [-0.4, -0.2) is 6.61 Å². The molecule has 3 rings (SSSR count). The summed E-state index contributed by atoms with van der Waals surface area (Å²) in [5, 5.41) is 0. The summed E-state index contributed by atoms with van der Waals surface area (Å²) in [6, 6.07) is 3.26. The van der Waals surface area contributed by atoms with Crippen molar-refractivity contribution in [3.63, 3.8) is 0 Å². The molecule has 0 bridgehead atoms. The predicted octanol–water partition coefficient (Wildman–Crippen LogP) is 5.98. The summed E-state index contributed by atoms with van der Waals surface area (Å²) >= 11 is 0. The highest BCUT2D eigenvalue weighted by Crippen LogP contribution is 2.52. The van der Waals surface area contributed by atoms with Gasteiger partial charge in [-0.05, 0) is 61.6 Å². The van der Waals surface area contributed by atoms with Crippen molar-refractivity contribution in [2.24, 2.45) is 17.8 Å². The summed E-state index contributed by atoms with van der Waals surface area (Å²) in [6.07, 6.45) is 9.28. The Morgan fingerprint density at radius 3 is 2.70 bits per heavy atom. The zero-order valence-corrected chi connectivity index (χ0v) is 14.1. The molecule has 126 valence electrons. The first-order valence-electron chi connectivity index (χ1n) is 8.98. The molecular weight excluding hydrogens is 294 g/mol. The van der Waals surface area contributed by atoms with Gasteiger partial charge >= 0.3 is 0 Å². The molecule has 1 nitrogen and oxygen atoms in total. The molecule has 0 amide bonds. The van der Waals surface area contributed by atoms with Gasteiger partial charge in [0.2, 0.25) is 5.82 Å². The van der Waals surface area contributed by atoms with Crippen molar-refractivity contribution in [2.45, 2.75) is 52.4 Å². The molecular formula is C20H26F2O. The van der Waals surface area contributed by atoms with E-state index < -0.39 is 11.6 Å². The van der Waals surface area contributed by atoms with Crippen molar-refractivity contribution >= 4 is 5.57 Å². The predicted molar refractivity (Wildman–Crippen MR) is 89.4 cm³/mol. The zero-order chi connectivity index (χ0) is 16.4. The van der Waals surface area contributed by atoms with Gasteiger partial charge in [-0.15, -0.1) is 0 Å². The Morgan fingerprint density at radius 2 is 1.96 bits per heavy atom. The molecule has 1 aromatic rings. The Morgan fingerprint density at radius 1 is 1.13 bits per heavy atom. The molecule has 0 spiro atoms. The molecule has 0 radical (unpaired) electrons. The van der Waals surface area contributed by atoms with Crippen LogP contribution >= 0.6 is 0 Å². The number of rotatable bonds is 6. The monoisotopic (exact) mass is 320 g/mol. The maximum absolute atomic E-state index is 14.5. The number of halogens is 2. The summed E-state index contributed by atoms with van der Waals surface area (Å²) in [7, 11) is 0. The number of ether oxygens (including phenoxy) is 1. The molecule has 2 aliphatic carbocycles. The Hall–Kier alpha value is -1.38. The summed E-state index contributed by atoms with van der Waals surface area (Å²) in [5.41, 5.74) is 1.46. The topological polar surface area (TPSA) is 9.23 Å². The van der Waals surface area contributed by atoms with Crippen LogP contribution in [0.5, 0.6) is 5.75 Å². The summed E-state index contributed by atoms with van der Waals surface area (Å²) in [5.74, 6) is 0.198. The second kappa shape index (κ2) is 7.02. The Kier molecular flexibility index (Phi) is 5.03. The van der Waals surface area contributed by atoms with Gasteiger partial charge in [0, 0.05) is 5.56 Å². The van der Waals surface area contributed by atoms with Crippen molar-refractivity contribution in [1.29, 1.82) is 0 Å². The fraction of sp³-hybridized carbons (Fsp3) is 0.600. The number of unbranched alkanes of at least 4 members (excludes halogenated alkanes) is 1. The fourth-order valence-electron chi connectivity index (χ4n) is 4.46. The molecule has 1 fully saturated rings. The van der Waals surface area contributed by atoms with Crippen LogP contribution in [0.25, 0.3) is 5.57 Å². The minimum Gasteiger partial charge on any atom is -0.491 e. The van der Waals surface area contributed by atoms with Crippen LogP contribution in [0, 0.1) is 29.4 Å². The van der Waals surface area contributed by atoms with Gasteiger partial charge in [0.25, 0.3) is 0 Å². The van der Waals surface area contributed by atoms with Gasteiger partial charge in [-0.25, -0.2) is 4.39 Å². The minimum atomic E-state index is -0.853. The average Bonchev–Trinajstić information content (AvgIpc) is 3.13. The first-order chi connectivity index (χ1) is 11.2. The lowest BCUT2D eigenvalue weighted by Crippen LogP contribution is -2.12. The number of benzene rings is 1. The summed E-state index contributed by atoms with van der Waals surface area (Å²) < 4.78 is 33.8. The number of hydrogen-bond acceptors (Lipinski definition) is 1. The molecule has 0 aromatic heterocycles. The van der Waals surface area contributed by atoms with Gasteiger partial charge in [0.15, 0.2) is 11.6 Å². The van der Waals surface area contributed by atoms with E-state index in [9.17, 15) is 8.78 Å². The molecule has 3 atom stereocenters. The second-order valence-electron chi connectivity index (χ2n) is 6.82. The Bertz CT molecular complexity index is 594. The molecule has 0 N–H and O–H groups in total. The lowest BCUT2D eigenvalue weighted by Gasteiger charge is -2.20. The van der Waals surface area contributed by atoms with Gasteiger partial charge in [-0.2, -0.15) is 4.39 Å². The third-order valence-electron chi connectivity index (χ3n) is 5.57. The van der Waals surface area contributed by atoms with E-state index in [0.717, 1.165) is 24.3 Å². The van der Waals surface area contributed by atoms with Gasteiger partial charge in [-0.3, -0.25) is 0 Å². The Balaban J connectivity index is 1.80. The van der Waals surface area contributed by atoms with Crippen LogP contribution in [0.4, 0.5) is 8.78 Å². The van der Waals surface area contributed by atoms with Gasteiger partial charge in [0.05, 0.1) is 6.61 Å². The molecule has 0 aliphatic heterocycles. The molecule has 23 heavy (non-hydrogen) atoms. The molecule has 2 aliphatic rings. The highest BCUT2D eigenvalue weighted by Gasteiger charge is 2.41. The zero-order valence-electron chi connectivity index (χ0n) is 14.1. The molecule has 0 saturated heterocycles. The van der Waals surface area contributed by atoms with Crippen molar-refractivity contribution in [3.8, 4) is 5.75 Å². The van der Waals surface area contributed by atoms with E-state index in [0.29, 0.717) is 24.0 Å². The van der Waals surface area contributed by atoms with Crippen LogP contribution in [-0.2, 0) is 0 Å². The minimum absolute atomic E-state index is 0.0103. The van der Waals surface area contributed by atoms with Crippen molar-refractivity contribution in [1.82, 2.24) is 0 Å². The van der Waals surface area contributed by atoms with Gasteiger partial charge in [0.1, 0.15) is 0 Å². The van der Waals surface area contributed by atoms with E-state index in [1.165, 1.54) is 25.7 Å². The summed E-state index contributed by atoms with van der Waals surface area (Å²) in [6.45, 7) is 4.33. The van der Waals surface area contributed by atoms with Crippen molar-refractivity contribution in [3.05, 3.63) is 35.4 Å². The first kappa shape index (κ1) is 16.5. The maximum Gasteiger partial charge on any atom is 0.201 e. The number of hydrogen-bond donors (Lipinski definition) is 0. The largest absolute Gasteiger partial charge is 0.491 e. The van der Waals surface area contributed by atoms with E-state index in [1.807, 2.05) is 0 Å². The SMILES string of the molecule is CCCCC1CCC2C(c3ccc(OCC)c(F)c3F)=CCC12. The van der Waals surface area contributed by atoms with Crippen LogP contribution in [0.3, 0.4) is 0 Å².